The Morgan fingerprint density at radius 1 is 1.25 bits per heavy atom. The van der Waals surface area contributed by atoms with E-state index in [0.29, 0.717) is 5.56 Å². The Hall–Kier alpha value is -1.53. The molecule has 5 nitrogen and oxygen atoms in total. The first kappa shape index (κ1) is 20.5. The smallest absolute Gasteiger partial charge is 0.326 e. The fourth-order valence-electron chi connectivity index (χ4n) is 1.95. The van der Waals surface area contributed by atoms with Crippen LogP contribution in [0.4, 0.5) is 0 Å². The van der Waals surface area contributed by atoms with Crippen molar-refractivity contribution in [2.75, 3.05) is 12.4 Å². The first-order chi connectivity index (χ1) is 11.2. The van der Waals surface area contributed by atoms with Gasteiger partial charge in [0.1, 0.15) is 6.04 Å². The minimum atomic E-state index is -1.06. The molecule has 1 atom stereocenters. The van der Waals surface area contributed by atoms with Crippen molar-refractivity contribution in [3.63, 3.8) is 0 Å². The zero-order valence-electron chi connectivity index (χ0n) is 14.8. The summed E-state index contributed by atoms with van der Waals surface area (Å²) in [6, 6.07) is 6.29. The number of thioether (sulfide) groups is 1. The molecule has 0 spiro atoms. The van der Waals surface area contributed by atoms with Gasteiger partial charge >= 0.3 is 5.97 Å². The molecule has 1 aromatic carbocycles. The average Bonchev–Trinajstić information content (AvgIpc) is 2.51. The van der Waals surface area contributed by atoms with Crippen LogP contribution in [0, 0.1) is 0 Å². The number of rotatable bonds is 9. The molecule has 0 saturated carbocycles. The standard InChI is InChI=1S/C18H27NO4S/c1-5-24-12-13-6-8-14(9-7-13)16(20)19-15(17(21)22)10-11-23-18(2,3)4/h6-9,15H,5,10-12H2,1-4H3,(H,19,20)(H,21,22). The van der Waals surface area contributed by atoms with Gasteiger partial charge in [0.2, 0.25) is 0 Å². The maximum Gasteiger partial charge on any atom is 0.326 e. The summed E-state index contributed by atoms with van der Waals surface area (Å²) in [5.74, 6) is 0.504. The second-order valence-electron chi connectivity index (χ2n) is 6.45. The second-order valence-corrected chi connectivity index (χ2v) is 7.72. The molecule has 0 aliphatic carbocycles. The van der Waals surface area contributed by atoms with Crippen LogP contribution in [0.3, 0.4) is 0 Å². The van der Waals surface area contributed by atoms with E-state index in [4.69, 9.17) is 4.74 Å². The lowest BCUT2D eigenvalue weighted by Crippen LogP contribution is -2.42. The lowest BCUT2D eigenvalue weighted by Gasteiger charge is -2.21. The van der Waals surface area contributed by atoms with E-state index in [0.717, 1.165) is 17.1 Å². The number of amides is 1. The van der Waals surface area contributed by atoms with Crippen molar-refractivity contribution in [3.8, 4) is 0 Å². The van der Waals surface area contributed by atoms with Crippen LogP contribution in [0.25, 0.3) is 0 Å². The van der Waals surface area contributed by atoms with Crippen LogP contribution < -0.4 is 5.32 Å². The van der Waals surface area contributed by atoms with Crippen molar-refractivity contribution in [1.29, 1.82) is 0 Å². The molecule has 1 unspecified atom stereocenters. The highest BCUT2D eigenvalue weighted by Crippen LogP contribution is 2.13. The Balaban J connectivity index is 2.59. The van der Waals surface area contributed by atoms with Gasteiger partial charge in [0.25, 0.3) is 5.91 Å². The number of carboxylic acids is 1. The SMILES string of the molecule is CCSCc1ccc(C(=O)NC(CCOC(C)(C)C)C(=O)O)cc1. The van der Waals surface area contributed by atoms with E-state index in [1.165, 1.54) is 0 Å². The van der Waals surface area contributed by atoms with E-state index in [9.17, 15) is 14.7 Å². The Kier molecular flexibility index (Phi) is 8.28. The Labute approximate surface area is 148 Å². The molecule has 1 aromatic rings. The molecular weight excluding hydrogens is 326 g/mol. The molecule has 24 heavy (non-hydrogen) atoms. The van der Waals surface area contributed by atoms with Crippen molar-refractivity contribution in [2.45, 2.75) is 51.5 Å². The van der Waals surface area contributed by atoms with Crippen molar-refractivity contribution < 1.29 is 19.4 Å². The van der Waals surface area contributed by atoms with Crippen LogP contribution in [-0.2, 0) is 15.3 Å². The van der Waals surface area contributed by atoms with E-state index in [-0.39, 0.29) is 24.5 Å². The third-order valence-corrected chi connectivity index (χ3v) is 4.18. The topological polar surface area (TPSA) is 75.6 Å². The van der Waals surface area contributed by atoms with Crippen molar-refractivity contribution >= 4 is 23.6 Å². The first-order valence-corrected chi connectivity index (χ1v) is 9.22. The molecule has 6 heteroatoms. The molecule has 0 fully saturated rings. The summed E-state index contributed by atoms with van der Waals surface area (Å²) in [5, 5.41) is 11.8. The minimum absolute atomic E-state index is 0.226. The van der Waals surface area contributed by atoms with Gasteiger partial charge in [-0.15, -0.1) is 0 Å². The van der Waals surface area contributed by atoms with Crippen molar-refractivity contribution in [2.24, 2.45) is 0 Å². The summed E-state index contributed by atoms with van der Waals surface area (Å²) < 4.78 is 5.53. The third-order valence-electron chi connectivity index (χ3n) is 3.23. The van der Waals surface area contributed by atoms with Gasteiger partial charge in [-0.2, -0.15) is 11.8 Å². The summed E-state index contributed by atoms with van der Waals surface area (Å²) in [7, 11) is 0. The summed E-state index contributed by atoms with van der Waals surface area (Å²) in [5.41, 5.74) is 1.27. The minimum Gasteiger partial charge on any atom is -0.480 e. The van der Waals surface area contributed by atoms with Gasteiger partial charge in [-0.3, -0.25) is 4.79 Å². The Morgan fingerprint density at radius 2 is 1.88 bits per heavy atom. The number of carbonyl (C=O) groups excluding carboxylic acids is 1. The van der Waals surface area contributed by atoms with Crippen LogP contribution in [0.5, 0.6) is 0 Å². The second kappa shape index (κ2) is 9.69. The normalized spacial score (nSPS) is 12.7. The highest BCUT2D eigenvalue weighted by atomic mass is 32.2. The van der Waals surface area contributed by atoms with E-state index >= 15 is 0 Å². The fourth-order valence-corrected chi connectivity index (χ4v) is 2.59. The molecule has 1 amide bonds. The fraction of sp³-hybridized carbons (Fsp3) is 0.556. The molecule has 0 aromatic heterocycles. The number of aliphatic carboxylic acids is 1. The van der Waals surface area contributed by atoms with Crippen LogP contribution in [0.2, 0.25) is 0 Å². The molecule has 1 rings (SSSR count). The number of carboxylic acid groups (broad SMARTS) is 1. The van der Waals surface area contributed by atoms with Crippen LogP contribution >= 0.6 is 11.8 Å². The zero-order valence-corrected chi connectivity index (χ0v) is 15.6. The average molecular weight is 353 g/mol. The van der Waals surface area contributed by atoms with E-state index < -0.39 is 12.0 Å². The summed E-state index contributed by atoms with van der Waals surface area (Å²) in [6.07, 6.45) is 0.226. The van der Waals surface area contributed by atoms with Gasteiger partial charge in [0.05, 0.1) is 5.60 Å². The number of nitrogens with one attached hydrogen (secondary N) is 1. The van der Waals surface area contributed by atoms with Gasteiger partial charge in [-0.05, 0) is 44.2 Å². The van der Waals surface area contributed by atoms with Gasteiger partial charge in [0, 0.05) is 24.3 Å². The maximum atomic E-state index is 12.2. The molecule has 0 aliphatic rings. The third kappa shape index (κ3) is 7.84. The molecule has 134 valence electrons. The summed E-state index contributed by atoms with van der Waals surface area (Å²) in [6.45, 7) is 8.08. The lowest BCUT2D eigenvalue weighted by molar-refractivity contribution is -0.140. The van der Waals surface area contributed by atoms with Crippen molar-refractivity contribution in [1.82, 2.24) is 5.32 Å². The maximum absolute atomic E-state index is 12.2. The predicted octanol–water partition coefficient (Wildman–Crippen LogP) is 3.33. The summed E-state index contributed by atoms with van der Waals surface area (Å²) >= 11 is 1.81. The lowest BCUT2D eigenvalue weighted by atomic mass is 10.1. The zero-order chi connectivity index (χ0) is 18.2. The molecule has 0 bridgehead atoms. The van der Waals surface area contributed by atoms with E-state index in [1.807, 2.05) is 44.7 Å². The Bertz CT molecular complexity index is 537. The molecule has 0 saturated heterocycles. The van der Waals surface area contributed by atoms with Gasteiger partial charge in [0.15, 0.2) is 0 Å². The van der Waals surface area contributed by atoms with Gasteiger partial charge in [-0.25, -0.2) is 4.79 Å². The molecule has 2 N–H and O–H groups in total. The largest absolute Gasteiger partial charge is 0.480 e. The number of benzene rings is 1. The van der Waals surface area contributed by atoms with E-state index in [2.05, 4.69) is 12.2 Å². The first-order valence-electron chi connectivity index (χ1n) is 8.07. The molecule has 0 radical (unpaired) electrons. The van der Waals surface area contributed by atoms with Gasteiger partial charge in [-0.1, -0.05) is 19.1 Å². The van der Waals surface area contributed by atoms with Crippen LogP contribution in [0.15, 0.2) is 24.3 Å². The van der Waals surface area contributed by atoms with E-state index in [1.54, 1.807) is 12.1 Å². The quantitative estimate of drug-likeness (QED) is 0.712. The number of hydrogen-bond donors (Lipinski definition) is 2. The molecular formula is C18H27NO4S. The summed E-state index contributed by atoms with van der Waals surface area (Å²) in [4.78, 5) is 23.5. The van der Waals surface area contributed by atoms with Crippen molar-refractivity contribution in [3.05, 3.63) is 35.4 Å². The molecule has 0 aliphatic heterocycles. The monoisotopic (exact) mass is 353 g/mol. The number of hydrogen-bond acceptors (Lipinski definition) is 4. The number of carbonyl (C=O) groups is 2. The van der Waals surface area contributed by atoms with Gasteiger partial charge < -0.3 is 15.2 Å². The number of ether oxygens (including phenoxy) is 1. The molecule has 0 heterocycles. The highest BCUT2D eigenvalue weighted by Gasteiger charge is 2.21. The Morgan fingerprint density at radius 3 is 2.38 bits per heavy atom. The highest BCUT2D eigenvalue weighted by molar-refractivity contribution is 7.98. The van der Waals surface area contributed by atoms with Crippen LogP contribution in [-0.4, -0.2) is 41.0 Å². The predicted molar refractivity (Wildman–Crippen MR) is 97.5 cm³/mol. The van der Waals surface area contributed by atoms with Crippen LogP contribution in [0.1, 0.15) is 50.0 Å².